The summed E-state index contributed by atoms with van der Waals surface area (Å²) in [4.78, 5) is -0.163. The lowest BCUT2D eigenvalue weighted by Gasteiger charge is -2.16. The summed E-state index contributed by atoms with van der Waals surface area (Å²) in [5.41, 5.74) is -2.12. The number of rotatable bonds is 4. The highest BCUT2D eigenvalue weighted by molar-refractivity contribution is 7.92. The van der Waals surface area contributed by atoms with Gasteiger partial charge < -0.3 is 0 Å². The first-order valence-corrected chi connectivity index (χ1v) is 10.3. The van der Waals surface area contributed by atoms with Gasteiger partial charge in [-0.15, -0.1) is 0 Å². The van der Waals surface area contributed by atoms with Gasteiger partial charge in [-0.3, -0.25) is 4.72 Å². The Labute approximate surface area is 178 Å². The Hall–Kier alpha value is -2.36. The van der Waals surface area contributed by atoms with E-state index in [0.717, 1.165) is 12.1 Å². The number of hydrogen-bond acceptors (Lipinski definition) is 2. The van der Waals surface area contributed by atoms with E-state index < -0.39 is 49.1 Å². The zero-order chi connectivity index (χ0) is 22.3. The van der Waals surface area contributed by atoms with Crippen molar-refractivity contribution in [2.75, 3.05) is 4.72 Å². The Morgan fingerprint density at radius 2 is 1.37 bits per heavy atom. The molecule has 0 amide bonds. The van der Waals surface area contributed by atoms with Crippen molar-refractivity contribution in [1.82, 2.24) is 0 Å². The van der Waals surface area contributed by atoms with E-state index in [1.807, 2.05) is 0 Å². The van der Waals surface area contributed by atoms with Crippen molar-refractivity contribution in [2.45, 2.75) is 11.1 Å². The van der Waals surface area contributed by atoms with Gasteiger partial charge in [0.1, 0.15) is 0 Å². The largest absolute Gasteiger partial charge is 0.419 e. The van der Waals surface area contributed by atoms with Gasteiger partial charge in [0, 0.05) is 11.6 Å². The van der Waals surface area contributed by atoms with Crippen molar-refractivity contribution in [1.29, 1.82) is 0 Å². The summed E-state index contributed by atoms with van der Waals surface area (Å²) in [5, 5.41) is -1.57. The number of anilines is 1. The molecule has 0 saturated heterocycles. The van der Waals surface area contributed by atoms with E-state index in [-0.39, 0.29) is 16.0 Å². The summed E-state index contributed by atoms with van der Waals surface area (Å²) in [6, 6.07) is 9.91. The molecule has 0 aliphatic carbocycles. The van der Waals surface area contributed by atoms with Crippen LogP contribution in [0.3, 0.4) is 0 Å². The van der Waals surface area contributed by atoms with E-state index in [4.69, 9.17) is 23.2 Å². The molecule has 0 spiro atoms. The fraction of sp³-hybridized carbons (Fsp3) is 0.0526. The van der Waals surface area contributed by atoms with E-state index in [1.54, 1.807) is 6.07 Å². The van der Waals surface area contributed by atoms with Gasteiger partial charge in [0.25, 0.3) is 10.0 Å². The predicted octanol–water partition coefficient (Wildman–Crippen LogP) is 6.76. The molecule has 0 aromatic heterocycles. The Bertz CT molecular complexity index is 1190. The van der Waals surface area contributed by atoms with Crippen LogP contribution in [0.5, 0.6) is 0 Å². The van der Waals surface area contributed by atoms with E-state index in [1.165, 1.54) is 24.3 Å². The molecule has 11 heteroatoms. The van der Waals surface area contributed by atoms with Crippen LogP contribution in [0.2, 0.25) is 10.0 Å². The summed E-state index contributed by atoms with van der Waals surface area (Å²) < 4.78 is 94.2. The minimum absolute atomic E-state index is 0.150. The minimum atomic E-state index is -4.85. The lowest BCUT2D eigenvalue weighted by Crippen LogP contribution is -2.14. The standard InChI is InChI=1S/C19H10Cl2F5NO2S/c20-13-6-10(7-14(21)18(13)19(24,25)26)12-8-15(22)16(23)9-17(12)27-30(28,29)11-4-2-1-3-5-11/h1-9,27H. The van der Waals surface area contributed by atoms with Crippen molar-refractivity contribution < 1.29 is 30.4 Å². The molecule has 3 aromatic carbocycles. The average Bonchev–Trinajstić information content (AvgIpc) is 2.63. The quantitative estimate of drug-likeness (QED) is 0.418. The number of nitrogens with one attached hydrogen (secondary N) is 1. The molecule has 0 atom stereocenters. The lowest BCUT2D eigenvalue weighted by molar-refractivity contribution is -0.137. The van der Waals surface area contributed by atoms with Gasteiger partial charge in [-0.25, -0.2) is 17.2 Å². The number of halogens is 7. The molecule has 3 aromatic rings. The maximum absolute atomic E-state index is 13.9. The molecule has 0 aliphatic heterocycles. The van der Waals surface area contributed by atoms with Crippen LogP contribution in [-0.4, -0.2) is 8.42 Å². The van der Waals surface area contributed by atoms with Crippen molar-refractivity contribution in [3.05, 3.63) is 81.8 Å². The summed E-state index contributed by atoms with van der Waals surface area (Å²) in [5.74, 6) is -2.71. The molecule has 3 rings (SSSR count). The summed E-state index contributed by atoms with van der Waals surface area (Å²) in [6.45, 7) is 0. The lowest BCUT2D eigenvalue weighted by atomic mass is 10.0. The predicted molar refractivity (Wildman–Crippen MR) is 104 cm³/mol. The van der Waals surface area contributed by atoms with Crippen molar-refractivity contribution in [3.63, 3.8) is 0 Å². The highest BCUT2D eigenvalue weighted by Gasteiger charge is 2.36. The molecule has 3 nitrogen and oxygen atoms in total. The molecule has 0 radical (unpaired) electrons. The monoisotopic (exact) mass is 481 g/mol. The van der Waals surface area contributed by atoms with Crippen LogP contribution in [0.1, 0.15) is 5.56 Å². The van der Waals surface area contributed by atoms with Crippen molar-refractivity contribution >= 4 is 38.9 Å². The zero-order valence-corrected chi connectivity index (χ0v) is 16.9. The second-order valence-electron chi connectivity index (χ2n) is 6.04. The van der Waals surface area contributed by atoms with Gasteiger partial charge in [-0.05, 0) is 35.9 Å². The molecule has 0 aliphatic rings. The Kier molecular flexibility index (Phi) is 5.99. The molecule has 0 bridgehead atoms. The van der Waals surface area contributed by atoms with Crippen molar-refractivity contribution in [2.24, 2.45) is 0 Å². The third-order valence-corrected chi connectivity index (χ3v) is 5.97. The zero-order valence-electron chi connectivity index (χ0n) is 14.6. The van der Waals surface area contributed by atoms with E-state index in [9.17, 15) is 30.4 Å². The number of hydrogen-bond donors (Lipinski definition) is 1. The van der Waals surface area contributed by atoms with Crippen LogP contribution in [0.15, 0.2) is 59.5 Å². The summed E-state index contributed by atoms with van der Waals surface area (Å²) >= 11 is 11.4. The second-order valence-corrected chi connectivity index (χ2v) is 8.54. The summed E-state index contributed by atoms with van der Waals surface area (Å²) in [7, 11) is -4.21. The van der Waals surface area contributed by atoms with Gasteiger partial charge in [0.05, 0.1) is 26.2 Å². The third kappa shape index (κ3) is 4.53. The van der Waals surface area contributed by atoms with Gasteiger partial charge in [0.2, 0.25) is 0 Å². The first-order valence-electron chi connectivity index (χ1n) is 8.03. The fourth-order valence-corrected chi connectivity index (χ4v) is 4.47. The van der Waals surface area contributed by atoms with Gasteiger partial charge in [-0.2, -0.15) is 13.2 Å². The first-order chi connectivity index (χ1) is 13.9. The summed E-state index contributed by atoms with van der Waals surface area (Å²) in [6.07, 6.45) is -4.85. The molecule has 0 fully saturated rings. The highest BCUT2D eigenvalue weighted by Crippen LogP contribution is 2.43. The van der Waals surface area contributed by atoms with Crippen LogP contribution >= 0.6 is 23.2 Å². The van der Waals surface area contributed by atoms with Gasteiger partial charge >= 0.3 is 6.18 Å². The highest BCUT2D eigenvalue weighted by atomic mass is 35.5. The third-order valence-electron chi connectivity index (χ3n) is 3.99. The number of benzene rings is 3. The molecular weight excluding hydrogens is 472 g/mol. The maximum atomic E-state index is 13.9. The normalized spacial score (nSPS) is 12.1. The van der Waals surface area contributed by atoms with Crippen LogP contribution in [0.25, 0.3) is 11.1 Å². The second kappa shape index (κ2) is 8.05. The molecule has 1 N–H and O–H groups in total. The number of sulfonamides is 1. The minimum Gasteiger partial charge on any atom is -0.279 e. The van der Waals surface area contributed by atoms with E-state index in [0.29, 0.717) is 12.1 Å². The van der Waals surface area contributed by atoms with Crippen LogP contribution < -0.4 is 4.72 Å². The maximum Gasteiger partial charge on any atom is 0.419 e. The van der Waals surface area contributed by atoms with Crippen molar-refractivity contribution in [3.8, 4) is 11.1 Å². The first kappa shape index (κ1) is 22.3. The van der Waals surface area contributed by atoms with Gasteiger partial charge in [0.15, 0.2) is 11.6 Å². The molecule has 0 unspecified atom stereocenters. The number of alkyl halides is 3. The molecule has 0 heterocycles. The fourth-order valence-electron chi connectivity index (χ4n) is 2.67. The SMILES string of the molecule is O=S(=O)(Nc1cc(F)c(F)cc1-c1cc(Cl)c(C(F)(F)F)c(Cl)c1)c1ccccc1. The Balaban J connectivity index is 2.17. The van der Waals surface area contributed by atoms with Gasteiger partial charge in [-0.1, -0.05) is 41.4 Å². The van der Waals surface area contributed by atoms with E-state index in [2.05, 4.69) is 4.72 Å². The Morgan fingerprint density at radius 1 is 0.833 bits per heavy atom. The van der Waals surface area contributed by atoms with E-state index >= 15 is 0 Å². The molecule has 30 heavy (non-hydrogen) atoms. The average molecular weight is 482 g/mol. The van der Waals surface area contributed by atoms with Crippen LogP contribution in [0, 0.1) is 11.6 Å². The molecular formula is C19H10Cl2F5NO2S. The molecule has 158 valence electrons. The molecule has 0 saturated carbocycles. The van der Waals surface area contributed by atoms with Crippen LogP contribution in [0.4, 0.5) is 27.6 Å². The topological polar surface area (TPSA) is 46.2 Å². The van der Waals surface area contributed by atoms with Crippen LogP contribution in [-0.2, 0) is 16.2 Å². The smallest absolute Gasteiger partial charge is 0.279 e. The Morgan fingerprint density at radius 3 is 1.90 bits per heavy atom.